The number of ether oxygens (including phenoxy) is 1. The number of amides is 1. The van der Waals surface area contributed by atoms with Crippen molar-refractivity contribution in [1.29, 1.82) is 0 Å². The summed E-state index contributed by atoms with van der Waals surface area (Å²) < 4.78 is 7.78. The Morgan fingerprint density at radius 1 is 1.19 bits per heavy atom. The third kappa shape index (κ3) is 3.42. The molecule has 0 atom stereocenters. The van der Waals surface area contributed by atoms with Gasteiger partial charge in [0, 0.05) is 54.0 Å². The molecular formula is C25H27N3O2S. The van der Waals surface area contributed by atoms with Gasteiger partial charge >= 0.3 is 0 Å². The van der Waals surface area contributed by atoms with Crippen molar-refractivity contribution in [2.75, 3.05) is 24.7 Å². The Bertz CT molecular complexity index is 1140. The van der Waals surface area contributed by atoms with Gasteiger partial charge in [0.25, 0.3) is 5.91 Å². The summed E-state index contributed by atoms with van der Waals surface area (Å²) in [6.07, 6.45) is 8.71. The molecule has 2 aromatic heterocycles. The molecule has 1 saturated carbocycles. The number of thiophene rings is 1. The Balaban J connectivity index is 1.38. The van der Waals surface area contributed by atoms with Crippen molar-refractivity contribution in [2.45, 2.75) is 44.6 Å². The Labute approximate surface area is 186 Å². The molecule has 2 aliphatic heterocycles. The summed E-state index contributed by atoms with van der Waals surface area (Å²) in [4.78, 5) is 17.4. The first-order chi connectivity index (χ1) is 15.1. The molecule has 0 bridgehead atoms. The van der Waals surface area contributed by atoms with Crippen molar-refractivity contribution in [1.82, 2.24) is 9.78 Å². The SMILES string of the molecule is Cc1ccc(C(=O)N2CC3(CCOCC3)c3cc(-c4cnn(CC5CC5)c4)ccc32)s1. The summed E-state index contributed by atoms with van der Waals surface area (Å²) in [6, 6.07) is 10.6. The van der Waals surface area contributed by atoms with Gasteiger partial charge in [-0.05, 0) is 73.9 Å². The van der Waals surface area contributed by atoms with E-state index in [1.807, 2.05) is 23.2 Å². The zero-order valence-electron chi connectivity index (χ0n) is 17.8. The third-order valence-electron chi connectivity index (χ3n) is 7.07. The molecule has 6 rings (SSSR count). The Hall–Kier alpha value is -2.44. The number of benzene rings is 1. The molecule has 0 unspecified atom stereocenters. The van der Waals surface area contributed by atoms with Crippen LogP contribution in [0.25, 0.3) is 11.1 Å². The first-order valence-corrected chi connectivity index (χ1v) is 12.1. The highest BCUT2D eigenvalue weighted by molar-refractivity contribution is 7.14. The van der Waals surface area contributed by atoms with Gasteiger partial charge in [0.15, 0.2) is 0 Å². The number of aromatic nitrogens is 2. The maximum atomic E-state index is 13.4. The van der Waals surface area contributed by atoms with Crippen molar-refractivity contribution in [3.63, 3.8) is 0 Å². The van der Waals surface area contributed by atoms with E-state index < -0.39 is 0 Å². The van der Waals surface area contributed by atoms with Gasteiger partial charge in [0.05, 0.1) is 11.1 Å². The van der Waals surface area contributed by atoms with E-state index in [9.17, 15) is 4.79 Å². The van der Waals surface area contributed by atoms with Gasteiger partial charge in [-0.2, -0.15) is 5.10 Å². The van der Waals surface area contributed by atoms with Gasteiger partial charge in [0.2, 0.25) is 0 Å². The molecule has 1 saturated heterocycles. The minimum atomic E-state index is -0.0183. The summed E-state index contributed by atoms with van der Waals surface area (Å²) in [5, 5.41) is 4.59. The second-order valence-corrected chi connectivity index (χ2v) is 10.6. The molecule has 0 radical (unpaired) electrons. The molecule has 0 N–H and O–H groups in total. The lowest BCUT2D eigenvalue weighted by atomic mass is 9.75. The van der Waals surface area contributed by atoms with E-state index in [4.69, 9.17) is 4.74 Å². The zero-order valence-corrected chi connectivity index (χ0v) is 18.7. The number of hydrogen-bond donors (Lipinski definition) is 0. The second-order valence-electron chi connectivity index (χ2n) is 9.32. The fourth-order valence-electron chi connectivity index (χ4n) is 5.08. The van der Waals surface area contributed by atoms with Crippen LogP contribution in [0.5, 0.6) is 0 Å². The number of anilines is 1. The third-order valence-corrected chi connectivity index (χ3v) is 8.06. The highest BCUT2D eigenvalue weighted by Gasteiger charge is 2.46. The van der Waals surface area contributed by atoms with Crippen LogP contribution < -0.4 is 4.90 Å². The van der Waals surface area contributed by atoms with E-state index in [0.29, 0.717) is 0 Å². The van der Waals surface area contributed by atoms with Crippen LogP contribution in [0.2, 0.25) is 0 Å². The number of fused-ring (bicyclic) bond motifs is 2. The normalized spacial score (nSPS) is 19.7. The molecule has 6 heteroatoms. The largest absolute Gasteiger partial charge is 0.381 e. The number of hydrogen-bond acceptors (Lipinski definition) is 4. The van der Waals surface area contributed by atoms with E-state index in [-0.39, 0.29) is 11.3 Å². The lowest BCUT2D eigenvalue weighted by Gasteiger charge is -2.34. The highest BCUT2D eigenvalue weighted by Crippen LogP contribution is 2.48. The fraction of sp³-hybridized carbons (Fsp3) is 0.440. The smallest absolute Gasteiger partial charge is 0.268 e. The summed E-state index contributed by atoms with van der Waals surface area (Å²) in [6.45, 7) is 5.32. The standard InChI is InChI=1S/C25H27N3O2S/c1-17-2-7-23(31-17)24(29)28-16-25(8-10-30-11-9-25)21-12-19(5-6-22(21)28)20-13-26-27(15-20)14-18-3-4-18/h2,5-7,12-13,15,18H,3-4,8-11,14,16H2,1H3. The predicted molar refractivity (Wildman–Crippen MR) is 123 cm³/mol. The first kappa shape index (κ1) is 19.3. The Morgan fingerprint density at radius 2 is 2.03 bits per heavy atom. The van der Waals surface area contributed by atoms with Crippen LogP contribution in [0.15, 0.2) is 42.7 Å². The van der Waals surface area contributed by atoms with E-state index >= 15 is 0 Å². The minimum Gasteiger partial charge on any atom is -0.381 e. The second kappa shape index (κ2) is 7.31. The van der Waals surface area contributed by atoms with Crippen molar-refractivity contribution < 1.29 is 9.53 Å². The monoisotopic (exact) mass is 433 g/mol. The summed E-state index contributed by atoms with van der Waals surface area (Å²) in [5.74, 6) is 0.923. The van der Waals surface area contributed by atoms with Gasteiger partial charge in [-0.3, -0.25) is 9.48 Å². The molecule has 4 heterocycles. The number of nitrogens with zero attached hydrogens (tertiary/aromatic N) is 3. The van der Waals surface area contributed by atoms with Crippen LogP contribution in [0.4, 0.5) is 5.69 Å². The lowest BCUT2D eigenvalue weighted by molar-refractivity contribution is 0.0547. The molecule has 2 fully saturated rings. The molecule has 5 nitrogen and oxygen atoms in total. The van der Waals surface area contributed by atoms with E-state index in [2.05, 4.69) is 41.1 Å². The van der Waals surface area contributed by atoms with Gasteiger partial charge in [-0.25, -0.2) is 0 Å². The van der Waals surface area contributed by atoms with E-state index in [1.165, 1.54) is 28.8 Å². The topological polar surface area (TPSA) is 47.4 Å². The van der Waals surface area contributed by atoms with Crippen LogP contribution in [-0.2, 0) is 16.7 Å². The maximum Gasteiger partial charge on any atom is 0.268 e. The van der Waals surface area contributed by atoms with Gasteiger partial charge in [-0.1, -0.05) is 6.07 Å². The van der Waals surface area contributed by atoms with Crippen LogP contribution in [0.1, 0.15) is 45.8 Å². The first-order valence-electron chi connectivity index (χ1n) is 11.2. The number of carbonyl (C=O) groups excluding carboxylic acids is 1. The summed E-state index contributed by atoms with van der Waals surface area (Å²) in [5.41, 5.74) is 4.68. The van der Waals surface area contributed by atoms with Crippen molar-refractivity contribution in [3.05, 3.63) is 58.0 Å². The molecule has 3 aromatic rings. The summed E-state index contributed by atoms with van der Waals surface area (Å²) >= 11 is 1.58. The predicted octanol–water partition coefficient (Wildman–Crippen LogP) is 5.04. The minimum absolute atomic E-state index is 0.0183. The highest BCUT2D eigenvalue weighted by atomic mass is 32.1. The van der Waals surface area contributed by atoms with Crippen LogP contribution >= 0.6 is 11.3 Å². The quantitative estimate of drug-likeness (QED) is 0.579. The van der Waals surface area contributed by atoms with Crippen LogP contribution in [0, 0.1) is 12.8 Å². The molecular weight excluding hydrogens is 406 g/mol. The van der Waals surface area contributed by atoms with Crippen LogP contribution in [-0.4, -0.2) is 35.4 Å². The van der Waals surface area contributed by atoms with E-state index in [0.717, 1.165) is 61.2 Å². The van der Waals surface area contributed by atoms with Crippen molar-refractivity contribution in [3.8, 4) is 11.1 Å². The molecule has 160 valence electrons. The lowest BCUT2D eigenvalue weighted by Crippen LogP contribution is -2.40. The Kier molecular flexibility index (Phi) is 4.54. The number of carbonyl (C=O) groups is 1. The average molecular weight is 434 g/mol. The molecule has 1 aromatic carbocycles. The average Bonchev–Trinajstić information content (AvgIpc) is 3.17. The van der Waals surface area contributed by atoms with Crippen LogP contribution in [0.3, 0.4) is 0 Å². The number of rotatable bonds is 4. The molecule has 1 amide bonds. The Morgan fingerprint density at radius 3 is 2.77 bits per heavy atom. The molecule has 31 heavy (non-hydrogen) atoms. The maximum absolute atomic E-state index is 13.4. The zero-order chi connectivity index (χ0) is 21.0. The van der Waals surface area contributed by atoms with Gasteiger partial charge in [-0.15, -0.1) is 11.3 Å². The van der Waals surface area contributed by atoms with Crippen molar-refractivity contribution >= 4 is 22.9 Å². The molecule has 1 aliphatic carbocycles. The summed E-state index contributed by atoms with van der Waals surface area (Å²) in [7, 11) is 0. The van der Waals surface area contributed by atoms with E-state index in [1.54, 1.807) is 11.3 Å². The molecule has 3 aliphatic rings. The molecule has 1 spiro atoms. The van der Waals surface area contributed by atoms with Gasteiger partial charge < -0.3 is 9.64 Å². The van der Waals surface area contributed by atoms with Gasteiger partial charge in [0.1, 0.15) is 0 Å². The fourth-order valence-corrected chi connectivity index (χ4v) is 5.90. The van der Waals surface area contributed by atoms with Crippen molar-refractivity contribution in [2.24, 2.45) is 5.92 Å². The number of aryl methyl sites for hydroxylation is 1.